The molecule has 3 saturated heterocycles. The van der Waals surface area contributed by atoms with Gasteiger partial charge in [0.15, 0.2) is 0 Å². The predicted molar refractivity (Wildman–Crippen MR) is 131 cm³/mol. The Morgan fingerprint density at radius 1 is 1.16 bits per heavy atom. The fourth-order valence-corrected chi connectivity index (χ4v) is 5.93. The number of carbonyl (C=O) groups is 1. The molecular weight excluding hydrogens is 491 g/mol. The van der Waals surface area contributed by atoms with Crippen LogP contribution in [-0.2, 0) is 16.0 Å². The normalized spacial score (nSPS) is 26.5. The van der Waals surface area contributed by atoms with Crippen LogP contribution in [0.3, 0.4) is 0 Å². The number of ether oxygens (including phenoxy) is 2. The van der Waals surface area contributed by atoms with Gasteiger partial charge in [0.05, 0.1) is 18.8 Å². The molecule has 5 heterocycles. The molecule has 12 heteroatoms. The fraction of sp³-hybridized carbons (Fsp3) is 0.800. The largest absolute Gasteiger partial charge is 0.444 e. The van der Waals surface area contributed by atoms with Crippen molar-refractivity contribution in [3.8, 4) is 0 Å². The third kappa shape index (κ3) is 5.53. The van der Waals surface area contributed by atoms with Crippen LogP contribution in [0.25, 0.3) is 0 Å². The summed E-state index contributed by atoms with van der Waals surface area (Å²) in [5.41, 5.74) is -0.895. The van der Waals surface area contributed by atoms with Gasteiger partial charge in [0, 0.05) is 38.8 Å². The molecule has 9 nitrogen and oxygen atoms in total. The van der Waals surface area contributed by atoms with E-state index in [1.54, 1.807) is 4.90 Å². The smallest absolute Gasteiger partial charge is 0.410 e. The summed E-state index contributed by atoms with van der Waals surface area (Å²) in [7, 11) is 0. The highest BCUT2D eigenvalue weighted by Crippen LogP contribution is 2.37. The van der Waals surface area contributed by atoms with Crippen molar-refractivity contribution in [3.05, 3.63) is 16.4 Å². The number of alkyl halides is 3. The number of aromatic nitrogens is 2. The van der Waals surface area contributed by atoms with E-state index >= 15 is 0 Å². The van der Waals surface area contributed by atoms with Gasteiger partial charge in [-0.05, 0) is 58.8 Å². The first-order chi connectivity index (χ1) is 17.4. The minimum atomic E-state index is -4.43. The Kier molecular flexibility index (Phi) is 6.82. The molecule has 37 heavy (non-hydrogen) atoms. The Morgan fingerprint density at radius 3 is 2.49 bits per heavy atom. The number of morpholine rings is 1. The van der Waals surface area contributed by atoms with Crippen LogP contribution in [-0.4, -0.2) is 83.3 Å². The summed E-state index contributed by atoms with van der Waals surface area (Å²) in [6.07, 6.45) is -2.13. The van der Waals surface area contributed by atoms with Crippen molar-refractivity contribution in [3.63, 3.8) is 0 Å². The van der Waals surface area contributed by atoms with E-state index in [0.717, 1.165) is 6.42 Å². The maximum Gasteiger partial charge on any atom is 0.410 e. The Labute approximate surface area is 214 Å². The van der Waals surface area contributed by atoms with E-state index in [0.29, 0.717) is 51.3 Å². The van der Waals surface area contributed by atoms with E-state index < -0.39 is 17.8 Å². The summed E-state index contributed by atoms with van der Waals surface area (Å²) < 4.78 is 54.8. The summed E-state index contributed by atoms with van der Waals surface area (Å²) in [6, 6.07) is -0.136. The number of nitrogens with zero attached hydrogens (tertiary/aromatic N) is 5. The minimum Gasteiger partial charge on any atom is -0.444 e. The van der Waals surface area contributed by atoms with Gasteiger partial charge in [-0.3, -0.25) is 9.36 Å². The molecule has 1 aromatic rings. The van der Waals surface area contributed by atoms with Gasteiger partial charge in [-0.25, -0.2) is 4.79 Å². The zero-order valence-corrected chi connectivity index (χ0v) is 21.7. The number of likely N-dealkylation sites (tertiary alicyclic amines) is 1. The van der Waals surface area contributed by atoms with Crippen LogP contribution < -0.4 is 15.4 Å². The zero-order valence-electron chi connectivity index (χ0n) is 21.7. The molecule has 5 rings (SSSR count). The molecule has 0 saturated carbocycles. The van der Waals surface area contributed by atoms with Crippen molar-refractivity contribution in [2.24, 2.45) is 5.92 Å². The van der Waals surface area contributed by atoms with Crippen molar-refractivity contribution in [1.29, 1.82) is 0 Å². The second-order valence-electron chi connectivity index (χ2n) is 11.6. The molecule has 3 atom stereocenters. The zero-order chi connectivity index (χ0) is 26.5. The van der Waals surface area contributed by atoms with Crippen molar-refractivity contribution in [1.82, 2.24) is 14.5 Å². The van der Waals surface area contributed by atoms with Crippen molar-refractivity contribution < 1.29 is 27.4 Å². The third-order valence-corrected chi connectivity index (χ3v) is 7.85. The molecule has 206 valence electrons. The van der Waals surface area contributed by atoms with E-state index in [2.05, 4.69) is 4.98 Å². The van der Waals surface area contributed by atoms with E-state index in [1.807, 2.05) is 25.7 Å². The monoisotopic (exact) mass is 527 g/mol. The molecule has 4 aliphatic rings. The molecule has 1 aromatic heterocycles. The lowest BCUT2D eigenvalue weighted by atomic mass is 9.93. The lowest BCUT2D eigenvalue weighted by Crippen LogP contribution is -2.53. The lowest BCUT2D eigenvalue weighted by Gasteiger charge is -2.41. The molecule has 2 bridgehead atoms. The number of fused-ring (bicyclic) bond motifs is 3. The second kappa shape index (κ2) is 9.67. The number of hydrogen-bond acceptors (Lipinski definition) is 7. The van der Waals surface area contributed by atoms with Crippen LogP contribution in [0.5, 0.6) is 0 Å². The first kappa shape index (κ1) is 26.1. The second-order valence-corrected chi connectivity index (χ2v) is 11.6. The number of carbonyl (C=O) groups excluding carboxylic acids is 1. The first-order valence-electron chi connectivity index (χ1n) is 13.2. The Bertz CT molecular complexity index is 1060. The van der Waals surface area contributed by atoms with E-state index in [1.165, 1.54) is 15.5 Å². The summed E-state index contributed by atoms with van der Waals surface area (Å²) in [5.74, 6) is 0.709. The van der Waals surface area contributed by atoms with E-state index in [9.17, 15) is 22.8 Å². The van der Waals surface area contributed by atoms with Crippen molar-refractivity contribution >= 4 is 17.9 Å². The van der Waals surface area contributed by atoms with Crippen molar-refractivity contribution in [2.75, 3.05) is 42.6 Å². The maximum atomic E-state index is 14.1. The molecule has 1 amide bonds. The van der Waals surface area contributed by atoms with Gasteiger partial charge in [0.25, 0.3) is 5.56 Å². The number of piperidine rings is 1. The predicted octanol–water partition coefficient (Wildman–Crippen LogP) is 3.40. The lowest BCUT2D eigenvalue weighted by molar-refractivity contribution is -0.152. The molecule has 0 aromatic carbocycles. The van der Waals surface area contributed by atoms with Gasteiger partial charge >= 0.3 is 12.3 Å². The highest BCUT2D eigenvalue weighted by atomic mass is 19.4. The quantitative estimate of drug-likeness (QED) is 0.594. The van der Waals surface area contributed by atoms with Crippen molar-refractivity contribution in [2.45, 2.75) is 89.4 Å². The van der Waals surface area contributed by atoms with Crippen LogP contribution in [0.4, 0.5) is 29.7 Å². The number of halogens is 3. The topological polar surface area (TPSA) is 80.1 Å². The molecule has 0 spiro atoms. The van der Waals surface area contributed by atoms with Crippen LogP contribution in [0.15, 0.2) is 10.9 Å². The SMILES string of the molecule is CC(C)(C)OC(=O)N1CCC(CCN2c3nc(N4CC5CC4CO5)cc(=O)n3CC[C@H]2C(F)(F)F)CC1. The Hall–Kier alpha value is -2.50. The maximum absolute atomic E-state index is 14.1. The van der Waals surface area contributed by atoms with E-state index in [-0.39, 0.29) is 55.2 Å². The summed E-state index contributed by atoms with van der Waals surface area (Å²) in [4.78, 5) is 34.9. The molecule has 3 fully saturated rings. The summed E-state index contributed by atoms with van der Waals surface area (Å²) >= 11 is 0. The average molecular weight is 528 g/mol. The third-order valence-electron chi connectivity index (χ3n) is 7.85. The molecular formula is C25H36F3N5O4. The summed E-state index contributed by atoms with van der Waals surface area (Å²) in [5, 5.41) is 0. The van der Waals surface area contributed by atoms with Gasteiger partial charge < -0.3 is 24.2 Å². The molecule has 0 aliphatic carbocycles. The highest BCUT2D eigenvalue weighted by molar-refractivity contribution is 5.68. The Morgan fingerprint density at radius 2 is 1.89 bits per heavy atom. The van der Waals surface area contributed by atoms with Crippen LogP contribution in [0.1, 0.15) is 52.9 Å². The number of anilines is 2. The highest BCUT2D eigenvalue weighted by Gasteiger charge is 2.47. The average Bonchev–Trinajstić information content (AvgIpc) is 3.45. The van der Waals surface area contributed by atoms with E-state index in [4.69, 9.17) is 9.47 Å². The first-order valence-corrected chi connectivity index (χ1v) is 13.2. The van der Waals surface area contributed by atoms with Crippen LogP contribution >= 0.6 is 0 Å². The van der Waals surface area contributed by atoms with Gasteiger partial charge in [-0.15, -0.1) is 0 Å². The number of hydrogen-bond donors (Lipinski definition) is 0. The fourth-order valence-electron chi connectivity index (χ4n) is 5.93. The molecule has 0 N–H and O–H groups in total. The molecule has 0 radical (unpaired) electrons. The molecule has 4 aliphatic heterocycles. The van der Waals surface area contributed by atoms with Gasteiger partial charge in [-0.2, -0.15) is 18.2 Å². The van der Waals surface area contributed by atoms with Crippen LogP contribution in [0, 0.1) is 5.92 Å². The van der Waals surface area contributed by atoms with Gasteiger partial charge in [0.1, 0.15) is 17.5 Å². The standard InChI is InChI=1S/C25H36F3N5O4/c1-24(2,3)37-23(35)30-8-4-16(5-9-30)6-10-31-19(25(26,27)28)7-11-32-21(34)13-20(29-22(31)32)33-14-18-12-17(33)15-36-18/h13,16-19H,4-12,14-15H2,1-3H3/t17?,18?,19-/m0/s1. The summed E-state index contributed by atoms with van der Waals surface area (Å²) in [6.45, 7) is 7.76. The van der Waals surface area contributed by atoms with Crippen LogP contribution in [0.2, 0.25) is 0 Å². The van der Waals surface area contributed by atoms with Gasteiger partial charge in [0.2, 0.25) is 5.95 Å². The Balaban J connectivity index is 1.30. The number of amides is 1. The number of rotatable bonds is 4. The van der Waals surface area contributed by atoms with Gasteiger partial charge in [-0.1, -0.05) is 0 Å². The minimum absolute atomic E-state index is 0.00837. The molecule has 2 unspecified atom stereocenters.